The van der Waals surface area contributed by atoms with Gasteiger partial charge in [0.05, 0.1) is 0 Å². The molecule has 0 amide bonds. The Kier molecular flexibility index (Phi) is 1.97. The van der Waals surface area contributed by atoms with Gasteiger partial charge in [0, 0.05) is 26.3 Å². The molecular formula is C6H9F3N2. The minimum absolute atomic E-state index is 0.394. The Morgan fingerprint density at radius 2 is 2.18 bits per heavy atom. The molecule has 0 spiro atoms. The molecule has 1 N–H and O–H groups in total. The third kappa shape index (κ3) is 1.78. The number of nitrogens with one attached hydrogen (secondary N) is 1. The van der Waals surface area contributed by atoms with Gasteiger partial charge in [-0.15, -0.1) is 0 Å². The molecule has 5 heteroatoms. The van der Waals surface area contributed by atoms with Crippen molar-refractivity contribution in [2.45, 2.75) is 6.18 Å². The SMILES string of the molecule is CN1CCNC=C1C(F)(F)F. The lowest BCUT2D eigenvalue weighted by Gasteiger charge is -2.28. The highest BCUT2D eigenvalue weighted by atomic mass is 19.4. The van der Waals surface area contributed by atoms with E-state index in [0.29, 0.717) is 13.1 Å². The maximum absolute atomic E-state index is 12.0. The maximum atomic E-state index is 12.0. The number of hydrogen-bond acceptors (Lipinski definition) is 2. The first-order valence-electron chi connectivity index (χ1n) is 3.23. The molecule has 0 radical (unpaired) electrons. The first-order valence-corrected chi connectivity index (χ1v) is 3.23. The zero-order chi connectivity index (χ0) is 8.48. The summed E-state index contributed by atoms with van der Waals surface area (Å²) in [5.41, 5.74) is -0.608. The standard InChI is InChI=1S/C6H9F3N2/c1-11-3-2-10-4-5(11)6(7,8)9/h4,10H,2-3H2,1H3. The second-order valence-electron chi connectivity index (χ2n) is 2.40. The molecule has 0 saturated carbocycles. The smallest absolute Gasteiger partial charge is 0.387 e. The Morgan fingerprint density at radius 1 is 1.55 bits per heavy atom. The normalized spacial score (nSPS) is 19.3. The zero-order valence-corrected chi connectivity index (χ0v) is 6.07. The fraction of sp³-hybridized carbons (Fsp3) is 0.667. The van der Waals surface area contributed by atoms with Gasteiger partial charge in [0.15, 0.2) is 0 Å². The molecule has 0 bridgehead atoms. The monoisotopic (exact) mass is 166 g/mol. The van der Waals surface area contributed by atoms with E-state index in [4.69, 9.17) is 0 Å². The van der Waals surface area contributed by atoms with Crippen molar-refractivity contribution in [3.8, 4) is 0 Å². The molecule has 0 saturated heterocycles. The summed E-state index contributed by atoms with van der Waals surface area (Å²) in [5.74, 6) is 0. The molecular weight excluding hydrogens is 157 g/mol. The molecule has 0 atom stereocenters. The van der Waals surface area contributed by atoms with E-state index < -0.39 is 11.9 Å². The summed E-state index contributed by atoms with van der Waals surface area (Å²) in [6.07, 6.45) is -3.23. The highest BCUT2D eigenvalue weighted by Crippen LogP contribution is 2.27. The van der Waals surface area contributed by atoms with Crippen LogP contribution in [-0.4, -0.2) is 31.2 Å². The molecule has 1 aliphatic heterocycles. The molecule has 1 heterocycles. The van der Waals surface area contributed by atoms with Crippen LogP contribution in [0.5, 0.6) is 0 Å². The summed E-state index contributed by atoms with van der Waals surface area (Å²) >= 11 is 0. The van der Waals surface area contributed by atoms with E-state index in [-0.39, 0.29) is 0 Å². The summed E-state index contributed by atoms with van der Waals surface area (Å²) in [5, 5.41) is 2.55. The predicted octanol–water partition coefficient (Wildman–Crippen LogP) is 0.925. The summed E-state index contributed by atoms with van der Waals surface area (Å²) in [7, 11) is 1.43. The molecule has 0 unspecified atom stereocenters. The molecule has 1 rings (SSSR count). The van der Waals surface area contributed by atoms with Crippen LogP contribution in [0.4, 0.5) is 13.2 Å². The van der Waals surface area contributed by atoms with Crippen LogP contribution >= 0.6 is 0 Å². The molecule has 0 fully saturated rings. The van der Waals surface area contributed by atoms with E-state index in [0.717, 1.165) is 6.20 Å². The van der Waals surface area contributed by atoms with Gasteiger partial charge in [0.2, 0.25) is 0 Å². The van der Waals surface area contributed by atoms with Crippen LogP contribution < -0.4 is 5.32 Å². The Morgan fingerprint density at radius 3 is 2.55 bits per heavy atom. The van der Waals surface area contributed by atoms with Crippen molar-refractivity contribution in [3.63, 3.8) is 0 Å². The molecule has 64 valence electrons. The van der Waals surface area contributed by atoms with Gasteiger partial charge in [0.1, 0.15) is 5.70 Å². The number of allylic oxidation sites excluding steroid dienone is 1. The number of rotatable bonds is 0. The lowest BCUT2D eigenvalue weighted by molar-refractivity contribution is -0.111. The van der Waals surface area contributed by atoms with Crippen molar-refractivity contribution >= 4 is 0 Å². The van der Waals surface area contributed by atoms with Crippen molar-refractivity contribution in [1.29, 1.82) is 0 Å². The van der Waals surface area contributed by atoms with E-state index in [1.54, 1.807) is 0 Å². The highest BCUT2D eigenvalue weighted by molar-refractivity contribution is 5.08. The molecule has 0 aliphatic carbocycles. The van der Waals surface area contributed by atoms with E-state index in [1.807, 2.05) is 0 Å². The van der Waals surface area contributed by atoms with Gasteiger partial charge in [-0.2, -0.15) is 13.2 Å². The molecule has 1 aliphatic rings. The first kappa shape index (κ1) is 8.23. The Hall–Kier alpha value is -0.870. The number of halogens is 3. The lowest BCUT2D eigenvalue weighted by Crippen LogP contribution is -2.38. The topological polar surface area (TPSA) is 15.3 Å². The minimum atomic E-state index is -4.23. The maximum Gasteiger partial charge on any atom is 0.432 e. The van der Waals surface area contributed by atoms with Crippen LogP contribution in [0, 0.1) is 0 Å². The van der Waals surface area contributed by atoms with Crippen LogP contribution in [0.15, 0.2) is 11.9 Å². The van der Waals surface area contributed by atoms with Gasteiger partial charge in [-0.05, 0) is 0 Å². The predicted molar refractivity (Wildman–Crippen MR) is 34.8 cm³/mol. The van der Waals surface area contributed by atoms with Crippen molar-refractivity contribution < 1.29 is 13.2 Å². The first-order chi connectivity index (χ1) is 5.02. The van der Waals surface area contributed by atoms with Crippen LogP contribution in [0.1, 0.15) is 0 Å². The van der Waals surface area contributed by atoms with Crippen LogP contribution in [0.2, 0.25) is 0 Å². The van der Waals surface area contributed by atoms with Gasteiger partial charge in [-0.3, -0.25) is 0 Å². The molecule has 0 aromatic carbocycles. The molecule has 2 nitrogen and oxygen atoms in total. The second kappa shape index (κ2) is 2.64. The van der Waals surface area contributed by atoms with Crippen molar-refractivity contribution in [1.82, 2.24) is 10.2 Å². The van der Waals surface area contributed by atoms with Crippen LogP contribution in [0.3, 0.4) is 0 Å². The molecule has 0 aromatic heterocycles. The zero-order valence-electron chi connectivity index (χ0n) is 6.07. The summed E-state index contributed by atoms with van der Waals surface area (Å²) in [4.78, 5) is 1.19. The van der Waals surface area contributed by atoms with E-state index in [9.17, 15) is 13.2 Å². The van der Waals surface area contributed by atoms with Crippen molar-refractivity contribution in [2.75, 3.05) is 20.1 Å². The third-order valence-corrected chi connectivity index (χ3v) is 1.53. The average molecular weight is 166 g/mol. The van der Waals surface area contributed by atoms with Gasteiger partial charge in [0.25, 0.3) is 0 Å². The average Bonchev–Trinajstić information content (AvgIpc) is 1.86. The second-order valence-corrected chi connectivity index (χ2v) is 2.40. The highest BCUT2D eigenvalue weighted by Gasteiger charge is 2.37. The van der Waals surface area contributed by atoms with E-state index in [1.165, 1.54) is 11.9 Å². The largest absolute Gasteiger partial charge is 0.432 e. The molecule has 0 aromatic rings. The lowest BCUT2D eigenvalue weighted by atomic mass is 10.3. The quantitative estimate of drug-likeness (QED) is 0.575. The van der Waals surface area contributed by atoms with Crippen LogP contribution in [0.25, 0.3) is 0 Å². The summed E-state index contributed by atoms with van der Waals surface area (Å²) in [6, 6.07) is 0. The number of nitrogens with zero attached hydrogens (tertiary/aromatic N) is 1. The molecule has 11 heavy (non-hydrogen) atoms. The van der Waals surface area contributed by atoms with Gasteiger partial charge in [-0.1, -0.05) is 0 Å². The Labute approximate surface area is 62.7 Å². The van der Waals surface area contributed by atoms with E-state index in [2.05, 4.69) is 5.32 Å². The fourth-order valence-electron chi connectivity index (χ4n) is 0.930. The Bertz CT molecular complexity index is 173. The van der Waals surface area contributed by atoms with Gasteiger partial charge < -0.3 is 10.2 Å². The van der Waals surface area contributed by atoms with Gasteiger partial charge in [-0.25, -0.2) is 0 Å². The summed E-state index contributed by atoms with van der Waals surface area (Å²) in [6.45, 7) is 0.960. The van der Waals surface area contributed by atoms with Crippen molar-refractivity contribution in [2.24, 2.45) is 0 Å². The minimum Gasteiger partial charge on any atom is -0.387 e. The summed E-state index contributed by atoms with van der Waals surface area (Å²) < 4.78 is 36.1. The number of hydrogen-bond donors (Lipinski definition) is 1. The Balaban J connectivity index is 2.76. The fourth-order valence-corrected chi connectivity index (χ4v) is 0.930. The van der Waals surface area contributed by atoms with E-state index >= 15 is 0 Å². The number of likely N-dealkylation sites (N-methyl/N-ethyl adjacent to an activating group) is 1. The van der Waals surface area contributed by atoms with Gasteiger partial charge >= 0.3 is 6.18 Å². The third-order valence-electron chi connectivity index (χ3n) is 1.53. The number of alkyl halides is 3. The van der Waals surface area contributed by atoms with Crippen LogP contribution in [-0.2, 0) is 0 Å². The van der Waals surface area contributed by atoms with Crippen molar-refractivity contribution in [3.05, 3.63) is 11.9 Å².